The summed E-state index contributed by atoms with van der Waals surface area (Å²) in [6.07, 6.45) is 6.20. The SMILES string of the molecule is CC(C)(C)C1CCC(OC[C@H](O)CN2CCC(CN3C(=O)c4cccc5cccc(c45)C3=O)CC2)CC1. The molecule has 2 aromatic carbocycles. The number of ether oxygens (including phenoxy) is 1. The van der Waals surface area contributed by atoms with Crippen molar-refractivity contribution in [3.05, 3.63) is 47.5 Å². The number of carbonyl (C=O) groups excluding carboxylic acids is 2. The molecule has 6 heteroatoms. The minimum Gasteiger partial charge on any atom is -0.389 e. The molecule has 0 unspecified atom stereocenters. The number of imide groups is 1. The smallest absolute Gasteiger partial charge is 0.261 e. The number of hydrogen-bond acceptors (Lipinski definition) is 5. The molecule has 5 rings (SSSR count). The number of aliphatic hydroxyl groups is 1. The maximum Gasteiger partial charge on any atom is 0.261 e. The Labute approximate surface area is 221 Å². The van der Waals surface area contributed by atoms with Crippen molar-refractivity contribution in [2.24, 2.45) is 17.3 Å². The molecule has 1 N–H and O–H groups in total. The molecule has 1 atom stereocenters. The second kappa shape index (κ2) is 10.8. The van der Waals surface area contributed by atoms with Gasteiger partial charge in [0.25, 0.3) is 11.8 Å². The van der Waals surface area contributed by atoms with Gasteiger partial charge >= 0.3 is 0 Å². The summed E-state index contributed by atoms with van der Waals surface area (Å²) in [5.41, 5.74) is 1.62. The van der Waals surface area contributed by atoms with Crippen LogP contribution in [0.1, 0.15) is 80.0 Å². The van der Waals surface area contributed by atoms with Gasteiger partial charge in [0, 0.05) is 29.6 Å². The zero-order chi connectivity index (χ0) is 26.2. The van der Waals surface area contributed by atoms with Crippen LogP contribution in [-0.4, -0.2) is 71.7 Å². The molecule has 1 saturated carbocycles. The second-order valence-corrected chi connectivity index (χ2v) is 12.5. The first-order chi connectivity index (χ1) is 17.7. The third kappa shape index (κ3) is 5.76. The highest BCUT2D eigenvalue weighted by Gasteiger charge is 2.35. The van der Waals surface area contributed by atoms with E-state index in [4.69, 9.17) is 4.74 Å². The lowest BCUT2D eigenvalue weighted by atomic mass is 9.72. The Morgan fingerprint density at radius 3 is 2.08 bits per heavy atom. The molecule has 3 aliphatic rings. The summed E-state index contributed by atoms with van der Waals surface area (Å²) in [4.78, 5) is 30.2. The molecule has 200 valence electrons. The first-order valence-corrected chi connectivity index (χ1v) is 14.1. The van der Waals surface area contributed by atoms with Crippen molar-refractivity contribution in [1.82, 2.24) is 9.80 Å². The molecule has 6 nitrogen and oxygen atoms in total. The number of carbonyl (C=O) groups is 2. The quantitative estimate of drug-likeness (QED) is 0.527. The van der Waals surface area contributed by atoms with Crippen LogP contribution < -0.4 is 0 Å². The lowest BCUT2D eigenvalue weighted by Gasteiger charge is -2.37. The van der Waals surface area contributed by atoms with Gasteiger partial charge in [0.05, 0.1) is 18.8 Å². The van der Waals surface area contributed by atoms with Crippen LogP contribution in [0.3, 0.4) is 0 Å². The minimum absolute atomic E-state index is 0.180. The molecule has 1 aliphatic carbocycles. The third-order valence-electron chi connectivity index (χ3n) is 8.90. The van der Waals surface area contributed by atoms with Crippen molar-refractivity contribution in [2.45, 2.75) is 71.5 Å². The Balaban J connectivity index is 1.07. The topological polar surface area (TPSA) is 70.1 Å². The highest BCUT2D eigenvalue weighted by molar-refractivity contribution is 6.25. The summed E-state index contributed by atoms with van der Waals surface area (Å²) in [5.74, 6) is 0.680. The normalized spacial score (nSPS) is 24.6. The number of piperidine rings is 1. The average Bonchev–Trinajstić information content (AvgIpc) is 2.89. The first-order valence-electron chi connectivity index (χ1n) is 14.1. The van der Waals surface area contributed by atoms with Crippen molar-refractivity contribution < 1.29 is 19.4 Å². The number of rotatable bonds is 7. The molecule has 0 radical (unpaired) electrons. The standard InChI is InChI=1S/C31H42N2O4/c1-31(2,3)23-10-12-25(13-11-23)37-20-24(34)19-32-16-14-21(15-17-32)18-33-29(35)26-8-4-6-22-7-5-9-27(28(22)26)30(33)36/h4-9,21,23-25,34H,10-20H2,1-3H3/t23?,24-,25?/m1/s1. The second-order valence-electron chi connectivity index (χ2n) is 12.5. The van der Waals surface area contributed by atoms with Crippen molar-refractivity contribution >= 4 is 22.6 Å². The minimum atomic E-state index is -0.487. The number of hydrogen-bond donors (Lipinski definition) is 1. The van der Waals surface area contributed by atoms with Gasteiger partial charge in [-0.25, -0.2) is 0 Å². The molecule has 2 amide bonds. The highest BCUT2D eigenvalue weighted by atomic mass is 16.5. The number of likely N-dealkylation sites (tertiary alicyclic amines) is 1. The van der Waals surface area contributed by atoms with E-state index in [0.29, 0.717) is 36.2 Å². The predicted octanol–water partition coefficient (Wildman–Crippen LogP) is 5.13. The molecular formula is C31H42N2O4. The Morgan fingerprint density at radius 2 is 1.51 bits per heavy atom. The van der Waals surface area contributed by atoms with Gasteiger partial charge in [-0.3, -0.25) is 14.5 Å². The van der Waals surface area contributed by atoms with E-state index >= 15 is 0 Å². The molecule has 2 aromatic rings. The lowest BCUT2D eigenvalue weighted by Crippen LogP contribution is -2.46. The molecule has 2 aliphatic heterocycles. The molecule has 37 heavy (non-hydrogen) atoms. The van der Waals surface area contributed by atoms with E-state index in [-0.39, 0.29) is 23.8 Å². The molecule has 2 fully saturated rings. The number of amides is 2. The fourth-order valence-corrected chi connectivity index (χ4v) is 6.55. The molecule has 2 heterocycles. The largest absolute Gasteiger partial charge is 0.389 e. The van der Waals surface area contributed by atoms with Crippen LogP contribution in [0.25, 0.3) is 10.8 Å². The Kier molecular flexibility index (Phi) is 7.71. The summed E-state index contributed by atoms with van der Waals surface area (Å²) in [6, 6.07) is 11.3. The van der Waals surface area contributed by atoms with Crippen LogP contribution in [0.4, 0.5) is 0 Å². The maximum atomic E-state index is 13.2. The van der Waals surface area contributed by atoms with E-state index in [2.05, 4.69) is 25.7 Å². The zero-order valence-electron chi connectivity index (χ0n) is 22.6. The van der Waals surface area contributed by atoms with Crippen LogP contribution in [-0.2, 0) is 4.74 Å². The van der Waals surface area contributed by atoms with Crippen LogP contribution >= 0.6 is 0 Å². The monoisotopic (exact) mass is 506 g/mol. The maximum absolute atomic E-state index is 13.2. The third-order valence-corrected chi connectivity index (χ3v) is 8.90. The molecular weight excluding hydrogens is 464 g/mol. The van der Waals surface area contributed by atoms with Gasteiger partial charge in [-0.2, -0.15) is 0 Å². The number of aliphatic hydroxyl groups excluding tert-OH is 1. The molecule has 0 spiro atoms. The van der Waals surface area contributed by atoms with E-state index in [1.807, 2.05) is 36.4 Å². The van der Waals surface area contributed by atoms with Crippen LogP contribution in [0, 0.1) is 17.3 Å². The number of benzene rings is 2. The fourth-order valence-electron chi connectivity index (χ4n) is 6.55. The van der Waals surface area contributed by atoms with E-state index in [9.17, 15) is 14.7 Å². The van der Waals surface area contributed by atoms with Gasteiger partial charge in [-0.1, -0.05) is 45.0 Å². The highest BCUT2D eigenvalue weighted by Crippen LogP contribution is 2.38. The molecule has 0 bridgehead atoms. The summed E-state index contributed by atoms with van der Waals surface area (Å²) in [6.45, 7) is 10.2. The van der Waals surface area contributed by atoms with Gasteiger partial charge in [-0.15, -0.1) is 0 Å². The van der Waals surface area contributed by atoms with Crippen molar-refractivity contribution in [1.29, 1.82) is 0 Å². The summed E-state index contributed by atoms with van der Waals surface area (Å²) in [7, 11) is 0. The van der Waals surface area contributed by atoms with Gasteiger partial charge in [0.1, 0.15) is 0 Å². The lowest BCUT2D eigenvalue weighted by molar-refractivity contribution is -0.0464. The summed E-state index contributed by atoms with van der Waals surface area (Å²) < 4.78 is 6.09. The number of nitrogens with zero attached hydrogens (tertiary/aromatic N) is 2. The average molecular weight is 507 g/mol. The predicted molar refractivity (Wildman–Crippen MR) is 146 cm³/mol. The zero-order valence-corrected chi connectivity index (χ0v) is 22.6. The van der Waals surface area contributed by atoms with Gasteiger partial charge in [0.2, 0.25) is 0 Å². The van der Waals surface area contributed by atoms with E-state index < -0.39 is 6.10 Å². The van der Waals surface area contributed by atoms with Gasteiger partial charge in [0.15, 0.2) is 0 Å². The van der Waals surface area contributed by atoms with Crippen molar-refractivity contribution in [3.8, 4) is 0 Å². The number of β-amino-alcohol motifs (C(OH)–C–C–N with tert-alkyl or cyclic N) is 1. The Hall–Kier alpha value is -2.28. The first kappa shape index (κ1) is 26.3. The van der Waals surface area contributed by atoms with Crippen molar-refractivity contribution in [2.75, 3.05) is 32.8 Å². The summed E-state index contributed by atoms with van der Waals surface area (Å²) >= 11 is 0. The van der Waals surface area contributed by atoms with E-state index in [0.717, 1.165) is 55.5 Å². The Bertz CT molecular complexity index is 1070. The molecule has 0 aromatic heterocycles. The van der Waals surface area contributed by atoms with Gasteiger partial charge < -0.3 is 14.7 Å². The van der Waals surface area contributed by atoms with Gasteiger partial charge in [-0.05, 0) is 86.4 Å². The van der Waals surface area contributed by atoms with Crippen LogP contribution in [0.2, 0.25) is 0 Å². The summed E-state index contributed by atoms with van der Waals surface area (Å²) in [5, 5.41) is 12.3. The Morgan fingerprint density at radius 1 is 0.919 bits per heavy atom. The fraction of sp³-hybridized carbons (Fsp3) is 0.613. The molecule has 1 saturated heterocycles. The van der Waals surface area contributed by atoms with Crippen LogP contribution in [0.5, 0.6) is 0 Å². The van der Waals surface area contributed by atoms with Crippen LogP contribution in [0.15, 0.2) is 36.4 Å². The van der Waals surface area contributed by atoms with E-state index in [1.165, 1.54) is 17.7 Å². The van der Waals surface area contributed by atoms with E-state index in [1.54, 1.807) is 0 Å². The van der Waals surface area contributed by atoms with Crippen molar-refractivity contribution in [3.63, 3.8) is 0 Å².